The average molecular weight is 256 g/mol. The summed E-state index contributed by atoms with van der Waals surface area (Å²) < 4.78 is 0. The van der Waals surface area contributed by atoms with Gasteiger partial charge >= 0.3 is 5.97 Å². The molecule has 0 aliphatic carbocycles. The van der Waals surface area contributed by atoms with Gasteiger partial charge in [0.05, 0.1) is 0 Å². The summed E-state index contributed by atoms with van der Waals surface area (Å²) in [7, 11) is 0. The fourth-order valence-corrected chi connectivity index (χ4v) is 1.89. The van der Waals surface area contributed by atoms with E-state index < -0.39 is 12.0 Å². The highest BCUT2D eigenvalue weighted by Gasteiger charge is 2.26. The van der Waals surface area contributed by atoms with Gasteiger partial charge in [0.1, 0.15) is 6.04 Å². The lowest BCUT2D eigenvalue weighted by atomic mass is 10.0. The van der Waals surface area contributed by atoms with E-state index in [9.17, 15) is 14.4 Å². The Hall–Kier alpha value is -1.59. The van der Waals surface area contributed by atoms with Gasteiger partial charge in [0.15, 0.2) is 0 Å². The molecule has 6 nitrogen and oxygen atoms in total. The molecule has 0 spiro atoms. The highest BCUT2D eigenvalue weighted by Crippen LogP contribution is 2.10. The van der Waals surface area contributed by atoms with Crippen molar-refractivity contribution in [2.45, 2.75) is 45.1 Å². The van der Waals surface area contributed by atoms with Crippen LogP contribution in [0.4, 0.5) is 0 Å². The van der Waals surface area contributed by atoms with E-state index in [1.165, 1.54) is 0 Å². The van der Waals surface area contributed by atoms with Crippen molar-refractivity contribution in [3.8, 4) is 0 Å². The Morgan fingerprint density at radius 1 is 1.50 bits per heavy atom. The van der Waals surface area contributed by atoms with Crippen molar-refractivity contribution in [2.24, 2.45) is 5.92 Å². The van der Waals surface area contributed by atoms with E-state index in [0.29, 0.717) is 25.8 Å². The number of carboxylic acids is 1. The monoisotopic (exact) mass is 256 g/mol. The van der Waals surface area contributed by atoms with Gasteiger partial charge in [-0.25, -0.2) is 0 Å². The molecule has 6 heteroatoms. The summed E-state index contributed by atoms with van der Waals surface area (Å²) >= 11 is 0. The van der Waals surface area contributed by atoms with Crippen LogP contribution >= 0.6 is 0 Å². The number of hydrogen-bond donors (Lipinski definition) is 3. The Balaban J connectivity index is 2.11. The van der Waals surface area contributed by atoms with Gasteiger partial charge in [0.25, 0.3) is 0 Å². The highest BCUT2D eigenvalue weighted by atomic mass is 16.4. The van der Waals surface area contributed by atoms with Gasteiger partial charge in [-0.15, -0.1) is 0 Å². The molecule has 3 N–H and O–H groups in total. The zero-order valence-corrected chi connectivity index (χ0v) is 10.6. The van der Waals surface area contributed by atoms with Crippen LogP contribution in [0.3, 0.4) is 0 Å². The van der Waals surface area contributed by atoms with Crippen molar-refractivity contribution in [3.05, 3.63) is 0 Å². The van der Waals surface area contributed by atoms with Crippen molar-refractivity contribution in [1.29, 1.82) is 0 Å². The van der Waals surface area contributed by atoms with Crippen LogP contribution in [0.1, 0.15) is 39.0 Å². The molecule has 2 unspecified atom stereocenters. The Bertz CT molecular complexity index is 330. The standard InChI is InChI=1S/C12H20N2O4/c1-8(2-5-11(16)17)6-7-13-12(18)9-3-4-10(15)14-9/h8-9H,2-7H2,1H3,(H,13,18)(H,14,15)(H,16,17). The smallest absolute Gasteiger partial charge is 0.303 e. The van der Waals surface area contributed by atoms with Gasteiger partial charge in [-0.1, -0.05) is 6.92 Å². The largest absolute Gasteiger partial charge is 0.481 e. The highest BCUT2D eigenvalue weighted by molar-refractivity contribution is 5.90. The maximum Gasteiger partial charge on any atom is 0.303 e. The van der Waals surface area contributed by atoms with E-state index in [2.05, 4.69) is 10.6 Å². The molecule has 2 amide bonds. The lowest BCUT2D eigenvalue weighted by Crippen LogP contribution is -2.42. The average Bonchev–Trinajstić information content (AvgIpc) is 2.73. The second-order valence-corrected chi connectivity index (χ2v) is 4.78. The summed E-state index contributed by atoms with van der Waals surface area (Å²) in [4.78, 5) is 32.9. The fourth-order valence-electron chi connectivity index (χ4n) is 1.89. The van der Waals surface area contributed by atoms with Crippen LogP contribution in [0.25, 0.3) is 0 Å². The lowest BCUT2D eigenvalue weighted by Gasteiger charge is -2.13. The minimum Gasteiger partial charge on any atom is -0.481 e. The van der Waals surface area contributed by atoms with Crippen LogP contribution in [0.2, 0.25) is 0 Å². The summed E-state index contributed by atoms with van der Waals surface area (Å²) in [5, 5.41) is 13.9. The normalized spacial score (nSPS) is 20.3. The number of amides is 2. The second-order valence-electron chi connectivity index (χ2n) is 4.78. The Morgan fingerprint density at radius 2 is 2.22 bits per heavy atom. The number of hydrogen-bond acceptors (Lipinski definition) is 3. The third-order valence-electron chi connectivity index (χ3n) is 3.10. The first-order chi connectivity index (χ1) is 8.49. The molecule has 0 bridgehead atoms. The molecule has 102 valence electrons. The van der Waals surface area contributed by atoms with Gasteiger partial charge in [-0.2, -0.15) is 0 Å². The summed E-state index contributed by atoms with van der Waals surface area (Å²) in [5.74, 6) is -0.754. The Kier molecular flexibility index (Phi) is 5.61. The second kappa shape index (κ2) is 6.98. The van der Waals surface area contributed by atoms with E-state index in [0.717, 1.165) is 6.42 Å². The van der Waals surface area contributed by atoms with E-state index in [4.69, 9.17) is 5.11 Å². The van der Waals surface area contributed by atoms with Crippen molar-refractivity contribution in [2.75, 3.05) is 6.54 Å². The molecule has 1 fully saturated rings. The first kappa shape index (κ1) is 14.5. The molecule has 1 heterocycles. The SMILES string of the molecule is CC(CCNC(=O)C1CCC(=O)N1)CCC(=O)O. The number of rotatable bonds is 7. The Morgan fingerprint density at radius 3 is 2.78 bits per heavy atom. The van der Waals surface area contributed by atoms with Gasteiger partial charge < -0.3 is 15.7 Å². The summed E-state index contributed by atoms with van der Waals surface area (Å²) in [5.41, 5.74) is 0. The molecule has 0 radical (unpaired) electrons. The molecule has 0 aromatic heterocycles. The minimum absolute atomic E-state index is 0.0787. The molecular formula is C12H20N2O4. The van der Waals surface area contributed by atoms with Crippen LogP contribution in [0.5, 0.6) is 0 Å². The molecule has 1 aliphatic heterocycles. The molecule has 18 heavy (non-hydrogen) atoms. The zero-order chi connectivity index (χ0) is 13.5. The maximum absolute atomic E-state index is 11.6. The van der Waals surface area contributed by atoms with Crippen LogP contribution < -0.4 is 10.6 Å². The molecule has 1 aliphatic rings. The van der Waals surface area contributed by atoms with Crippen molar-refractivity contribution in [1.82, 2.24) is 10.6 Å². The number of aliphatic carboxylic acids is 1. The lowest BCUT2D eigenvalue weighted by molar-refractivity contribution is -0.137. The van der Waals surface area contributed by atoms with Gasteiger partial charge in [0.2, 0.25) is 11.8 Å². The van der Waals surface area contributed by atoms with Gasteiger partial charge in [0, 0.05) is 19.4 Å². The first-order valence-corrected chi connectivity index (χ1v) is 6.28. The summed E-state index contributed by atoms with van der Waals surface area (Å²) in [6, 6.07) is -0.396. The molecule has 2 atom stereocenters. The maximum atomic E-state index is 11.6. The van der Waals surface area contributed by atoms with E-state index in [-0.39, 0.29) is 24.2 Å². The van der Waals surface area contributed by atoms with Crippen LogP contribution in [0, 0.1) is 5.92 Å². The predicted molar refractivity (Wildman–Crippen MR) is 64.8 cm³/mol. The Labute approximate surface area is 106 Å². The summed E-state index contributed by atoms with van der Waals surface area (Å²) in [6.45, 7) is 2.48. The van der Waals surface area contributed by atoms with Gasteiger partial charge in [-0.3, -0.25) is 14.4 Å². The number of carbonyl (C=O) groups is 3. The zero-order valence-electron chi connectivity index (χ0n) is 10.6. The number of carbonyl (C=O) groups excluding carboxylic acids is 2. The van der Waals surface area contributed by atoms with Crippen LogP contribution in [0.15, 0.2) is 0 Å². The third kappa shape index (κ3) is 5.16. The van der Waals surface area contributed by atoms with E-state index >= 15 is 0 Å². The topological polar surface area (TPSA) is 95.5 Å². The van der Waals surface area contributed by atoms with Crippen LogP contribution in [-0.4, -0.2) is 35.5 Å². The summed E-state index contributed by atoms with van der Waals surface area (Å²) in [6.07, 6.45) is 2.49. The van der Waals surface area contributed by atoms with E-state index in [1.54, 1.807) is 0 Å². The van der Waals surface area contributed by atoms with Gasteiger partial charge in [-0.05, 0) is 25.2 Å². The number of carboxylic acid groups (broad SMARTS) is 1. The fraction of sp³-hybridized carbons (Fsp3) is 0.750. The van der Waals surface area contributed by atoms with E-state index in [1.807, 2.05) is 6.92 Å². The molecule has 1 saturated heterocycles. The minimum atomic E-state index is -0.792. The predicted octanol–water partition coefficient (Wildman–Crippen LogP) is 0.272. The molecule has 1 rings (SSSR count). The molecular weight excluding hydrogens is 236 g/mol. The quantitative estimate of drug-likeness (QED) is 0.609. The third-order valence-corrected chi connectivity index (χ3v) is 3.10. The van der Waals surface area contributed by atoms with Crippen molar-refractivity contribution >= 4 is 17.8 Å². The van der Waals surface area contributed by atoms with Crippen molar-refractivity contribution in [3.63, 3.8) is 0 Å². The molecule has 0 aromatic rings. The van der Waals surface area contributed by atoms with Crippen molar-refractivity contribution < 1.29 is 19.5 Å². The molecule has 0 aromatic carbocycles. The molecule has 0 saturated carbocycles. The first-order valence-electron chi connectivity index (χ1n) is 6.28. The van der Waals surface area contributed by atoms with Crippen LogP contribution in [-0.2, 0) is 14.4 Å². The number of nitrogens with one attached hydrogen (secondary N) is 2.